The van der Waals surface area contributed by atoms with Crippen LogP contribution in [0.5, 0.6) is 0 Å². The minimum Gasteiger partial charge on any atom is -0.366 e. The molecule has 0 saturated heterocycles. The lowest BCUT2D eigenvalue weighted by atomic mass is 9.96. The molecule has 0 atom stereocenters. The van der Waals surface area contributed by atoms with Crippen molar-refractivity contribution in [1.29, 1.82) is 0 Å². The Morgan fingerprint density at radius 3 is 2.31 bits per heavy atom. The molecular weight excluding hydrogens is 324 g/mol. The second-order valence-corrected chi connectivity index (χ2v) is 6.34. The first-order valence-electron chi connectivity index (χ1n) is 8.34. The van der Waals surface area contributed by atoms with Crippen LogP contribution < -0.4 is 5.73 Å². The third-order valence-corrected chi connectivity index (χ3v) is 4.53. The number of aromatic nitrogens is 3. The monoisotopic (exact) mass is 342 g/mol. The zero-order valence-electron chi connectivity index (χ0n) is 14.6. The van der Waals surface area contributed by atoms with Crippen LogP contribution in [-0.4, -0.2) is 20.9 Å². The van der Waals surface area contributed by atoms with Crippen molar-refractivity contribution in [2.24, 2.45) is 12.8 Å². The summed E-state index contributed by atoms with van der Waals surface area (Å²) in [5.41, 5.74) is 12.6. The molecule has 1 aromatic heterocycles. The average Bonchev–Trinajstić information content (AvgIpc) is 3.01. The fourth-order valence-corrected chi connectivity index (χ4v) is 3.22. The lowest BCUT2D eigenvalue weighted by molar-refractivity contribution is 0.100. The number of hydrogen-bond acceptors (Lipinski definition) is 3. The van der Waals surface area contributed by atoms with E-state index in [-0.39, 0.29) is 0 Å². The van der Waals surface area contributed by atoms with Gasteiger partial charge in [-0.15, -0.1) is 0 Å². The van der Waals surface area contributed by atoms with Crippen LogP contribution in [0.2, 0.25) is 0 Å². The number of benzene rings is 3. The molecule has 1 amide bonds. The van der Waals surface area contributed by atoms with Crippen LogP contribution in [0.4, 0.5) is 0 Å². The van der Waals surface area contributed by atoms with Crippen molar-refractivity contribution >= 4 is 16.9 Å². The Kier molecular flexibility index (Phi) is 3.77. The Bertz CT molecular complexity index is 1130. The molecule has 1 heterocycles. The predicted octanol–water partition coefficient (Wildman–Crippen LogP) is 3.71. The van der Waals surface area contributed by atoms with Crippen molar-refractivity contribution < 1.29 is 4.79 Å². The molecule has 3 aromatic carbocycles. The number of primary amides is 1. The average molecular weight is 342 g/mol. The second-order valence-electron chi connectivity index (χ2n) is 6.34. The summed E-state index contributed by atoms with van der Waals surface area (Å²) in [5, 5.41) is 8.55. The minimum atomic E-state index is -0.506. The highest BCUT2D eigenvalue weighted by molar-refractivity contribution is 6.05. The van der Waals surface area contributed by atoms with Crippen LogP contribution in [0.1, 0.15) is 15.9 Å². The number of hydrogen-bond donors (Lipinski definition) is 1. The fourth-order valence-electron chi connectivity index (χ4n) is 3.22. The molecule has 128 valence electrons. The zero-order valence-corrected chi connectivity index (χ0v) is 14.6. The molecule has 0 saturated carbocycles. The Balaban J connectivity index is 1.81. The minimum absolute atomic E-state index is 0.383. The standard InChI is InChI=1S/C21H18N4O/c1-13-5-3-4-6-17(13)15-9-7-14(8-10-15)16-11-18(21(22)26)20-19(12-16)23-25(2)24-20/h3-12H,1-2H3,(H2,22,26). The van der Waals surface area contributed by atoms with E-state index in [1.54, 1.807) is 13.1 Å². The Morgan fingerprint density at radius 2 is 1.62 bits per heavy atom. The van der Waals surface area contributed by atoms with Gasteiger partial charge >= 0.3 is 0 Å². The van der Waals surface area contributed by atoms with Crippen molar-refractivity contribution in [1.82, 2.24) is 15.0 Å². The molecule has 0 bridgehead atoms. The van der Waals surface area contributed by atoms with Gasteiger partial charge in [0.05, 0.1) is 5.56 Å². The van der Waals surface area contributed by atoms with Gasteiger partial charge in [-0.05, 0) is 46.9 Å². The number of carbonyl (C=O) groups is 1. The van der Waals surface area contributed by atoms with E-state index in [0.29, 0.717) is 16.6 Å². The molecule has 0 aliphatic carbocycles. The summed E-state index contributed by atoms with van der Waals surface area (Å²) < 4.78 is 0. The van der Waals surface area contributed by atoms with Gasteiger partial charge < -0.3 is 5.73 Å². The normalized spacial score (nSPS) is 11.0. The van der Waals surface area contributed by atoms with E-state index < -0.39 is 5.91 Å². The quantitative estimate of drug-likeness (QED) is 0.617. The van der Waals surface area contributed by atoms with E-state index in [2.05, 4.69) is 41.4 Å². The van der Waals surface area contributed by atoms with E-state index >= 15 is 0 Å². The number of carbonyl (C=O) groups excluding carboxylic acids is 1. The molecule has 0 radical (unpaired) electrons. The number of fused-ring (bicyclic) bond motifs is 1. The van der Waals surface area contributed by atoms with Gasteiger partial charge in [0.25, 0.3) is 5.91 Å². The molecule has 5 heteroatoms. The Hall–Kier alpha value is -3.47. The first-order valence-corrected chi connectivity index (χ1v) is 8.34. The summed E-state index contributed by atoms with van der Waals surface area (Å²) in [4.78, 5) is 13.3. The van der Waals surface area contributed by atoms with Gasteiger partial charge in [0, 0.05) is 7.05 Å². The molecule has 4 rings (SSSR count). The van der Waals surface area contributed by atoms with Crippen molar-refractivity contribution in [2.75, 3.05) is 0 Å². The smallest absolute Gasteiger partial charge is 0.251 e. The summed E-state index contributed by atoms with van der Waals surface area (Å²) in [6.07, 6.45) is 0. The molecule has 2 N–H and O–H groups in total. The van der Waals surface area contributed by atoms with Crippen LogP contribution in [0, 0.1) is 6.92 Å². The highest BCUT2D eigenvalue weighted by Gasteiger charge is 2.14. The predicted molar refractivity (Wildman–Crippen MR) is 103 cm³/mol. The van der Waals surface area contributed by atoms with Gasteiger partial charge in [-0.2, -0.15) is 15.0 Å². The summed E-state index contributed by atoms with van der Waals surface area (Å²) in [6.45, 7) is 2.10. The highest BCUT2D eigenvalue weighted by Crippen LogP contribution is 2.29. The van der Waals surface area contributed by atoms with Crippen LogP contribution >= 0.6 is 0 Å². The van der Waals surface area contributed by atoms with Crippen molar-refractivity contribution in [2.45, 2.75) is 6.92 Å². The molecule has 0 unspecified atom stereocenters. The molecular formula is C21H18N4O. The largest absolute Gasteiger partial charge is 0.366 e. The first-order chi connectivity index (χ1) is 12.5. The van der Waals surface area contributed by atoms with Gasteiger partial charge in [0.1, 0.15) is 11.0 Å². The summed E-state index contributed by atoms with van der Waals surface area (Å²) >= 11 is 0. The molecule has 0 aliphatic heterocycles. The number of rotatable bonds is 3. The topological polar surface area (TPSA) is 73.8 Å². The van der Waals surface area contributed by atoms with E-state index in [1.807, 2.05) is 30.3 Å². The molecule has 0 aliphatic rings. The summed E-state index contributed by atoms with van der Waals surface area (Å²) in [7, 11) is 1.72. The van der Waals surface area contributed by atoms with Crippen molar-refractivity contribution in [3.05, 3.63) is 71.8 Å². The van der Waals surface area contributed by atoms with Crippen LogP contribution in [-0.2, 0) is 7.05 Å². The van der Waals surface area contributed by atoms with E-state index in [1.165, 1.54) is 15.9 Å². The van der Waals surface area contributed by atoms with Crippen LogP contribution in [0.15, 0.2) is 60.7 Å². The number of amides is 1. The Morgan fingerprint density at radius 1 is 0.923 bits per heavy atom. The Labute approximate surface area is 151 Å². The molecule has 0 spiro atoms. The highest BCUT2D eigenvalue weighted by atomic mass is 16.1. The second kappa shape index (κ2) is 6.11. The summed E-state index contributed by atoms with van der Waals surface area (Å²) in [5.74, 6) is -0.506. The van der Waals surface area contributed by atoms with Crippen molar-refractivity contribution in [3.63, 3.8) is 0 Å². The molecule has 5 nitrogen and oxygen atoms in total. The molecule has 4 aromatic rings. The number of aryl methyl sites for hydroxylation is 2. The van der Waals surface area contributed by atoms with Gasteiger partial charge in [-0.3, -0.25) is 4.79 Å². The first kappa shape index (κ1) is 16.0. The van der Waals surface area contributed by atoms with Gasteiger partial charge in [-0.25, -0.2) is 0 Å². The SMILES string of the molecule is Cc1ccccc1-c1ccc(-c2cc(C(N)=O)c3nn(C)nc3c2)cc1. The third-order valence-electron chi connectivity index (χ3n) is 4.53. The van der Waals surface area contributed by atoms with Gasteiger partial charge in [0.2, 0.25) is 0 Å². The molecule has 26 heavy (non-hydrogen) atoms. The van der Waals surface area contributed by atoms with Crippen LogP contribution in [0.3, 0.4) is 0 Å². The third kappa shape index (κ3) is 2.73. The van der Waals surface area contributed by atoms with Crippen LogP contribution in [0.25, 0.3) is 33.3 Å². The maximum absolute atomic E-state index is 11.8. The van der Waals surface area contributed by atoms with E-state index in [4.69, 9.17) is 5.73 Å². The maximum Gasteiger partial charge on any atom is 0.251 e. The lowest BCUT2D eigenvalue weighted by Gasteiger charge is -2.08. The van der Waals surface area contributed by atoms with E-state index in [0.717, 1.165) is 16.7 Å². The van der Waals surface area contributed by atoms with Crippen molar-refractivity contribution in [3.8, 4) is 22.3 Å². The van der Waals surface area contributed by atoms with Gasteiger partial charge in [0.15, 0.2) is 0 Å². The zero-order chi connectivity index (χ0) is 18.3. The number of nitrogens with zero attached hydrogens (tertiary/aromatic N) is 3. The summed E-state index contributed by atoms with van der Waals surface area (Å²) in [6, 6.07) is 20.3. The fraction of sp³-hybridized carbons (Fsp3) is 0.0952. The van der Waals surface area contributed by atoms with E-state index in [9.17, 15) is 4.79 Å². The number of nitrogens with two attached hydrogens (primary N) is 1. The van der Waals surface area contributed by atoms with Gasteiger partial charge in [-0.1, -0.05) is 48.5 Å². The lowest BCUT2D eigenvalue weighted by Crippen LogP contribution is -2.11. The maximum atomic E-state index is 11.8. The molecule has 0 fully saturated rings.